The molecule has 0 amide bonds. The number of hydrogen-bond donors (Lipinski definition) is 0. The summed E-state index contributed by atoms with van der Waals surface area (Å²) in [6.07, 6.45) is 0. The number of fused-ring (bicyclic) bond motifs is 1. The topological polar surface area (TPSA) is 65.3 Å². The van der Waals surface area contributed by atoms with Gasteiger partial charge in [0.25, 0.3) is 5.69 Å². The maximum atomic E-state index is 11.2. The highest BCUT2D eigenvalue weighted by Gasteiger charge is 2.17. The SMILES string of the molecule is COc1nc(-c2ccccc2Cl)cc2c([N+](=O)[O-])cccc12. The average molecular weight is 315 g/mol. The van der Waals surface area contributed by atoms with Crippen molar-refractivity contribution in [1.82, 2.24) is 4.98 Å². The summed E-state index contributed by atoms with van der Waals surface area (Å²) in [5, 5.41) is 12.8. The summed E-state index contributed by atoms with van der Waals surface area (Å²) in [4.78, 5) is 15.3. The molecule has 0 atom stereocenters. The first-order valence-corrected chi connectivity index (χ1v) is 6.86. The van der Waals surface area contributed by atoms with Gasteiger partial charge in [-0.05, 0) is 18.2 Å². The summed E-state index contributed by atoms with van der Waals surface area (Å²) in [6.45, 7) is 0. The summed E-state index contributed by atoms with van der Waals surface area (Å²) in [5.41, 5.74) is 1.23. The van der Waals surface area contributed by atoms with Crippen LogP contribution in [-0.4, -0.2) is 17.0 Å². The maximum absolute atomic E-state index is 11.2. The summed E-state index contributed by atoms with van der Waals surface area (Å²) in [5.74, 6) is 0.330. The summed E-state index contributed by atoms with van der Waals surface area (Å²) >= 11 is 6.19. The lowest BCUT2D eigenvalue weighted by atomic mass is 10.1. The van der Waals surface area contributed by atoms with Gasteiger partial charge in [-0.1, -0.05) is 35.9 Å². The number of halogens is 1. The van der Waals surface area contributed by atoms with Crippen molar-refractivity contribution in [3.8, 4) is 17.1 Å². The van der Waals surface area contributed by atoms with E-state index < -0.39 is 4.92 Å². The van der Waals surface area contributed by atoms with Gasteiger partial charge in [0, 0.05) is 16.7 Å². The van der Waals surface area contributed by atoms with Crippen molar-refractivity contribution in [3.63, 3.8) is 0 Å². The Hall–Kier alpha value is -2.66. The number of nitrogens with zero attached hydrogens (tertiary/aromatic N) is 2. The van der Waals surface area contributed by atoms with E-state index in [9.17, 15) is 10.1 Å². The largest absolute Gasteiger partial charge is 0.481 e. The van der Waals surface area contributed by atoms with Gasteiger partial charge in [-0.25, -0.2) is 4.98 Å². The van der Waals surface area contributed by atoms with Crippen LogP contribution >= 0.6 is 11.6 Å². The molecule has 2 aromatic carbocycles. The Morgan fingerprint density at radius 3 is 2.59 bits per heavy atom. The summed E-state index contributed by atoms with van der Waals surface area (Å²) in [6, 6.07) is 13.7. The van der Waals surface area contributed by atoms with Gasteiger partial charge in [-0.3, -0.25) is 10.1 Å². The number of nitro groups is 1. The molecular formula is C16H11ClN2O3. The second kappa shape index (κ2) is 5.61. The third-order valence-corrected chi connectivity index (χ3v) is 3.69. The standard InChI is InChI=1S/C16H11ClN2O3/c1-22-16-10-6-4-8-15(19(20)21)12(10)9-14(18-16)11-5-2-3-7-13(11)17/h2-9H,1H3. The number of nitro benzene ring substituents is 1. The molecule has 0 fully saturated rings. The molecule has 0 aliphatic rings. The van der Waals surface area contributed by atoms with Crippen molar-refractivity contribution in [2.75, 3.05) is 7.11 Å². The molecule has 0 unspecified atom stereocenters. The van der Waals surface area contributed by atoms with Crippen LogP contribution in [0, 0.1) is 10.1 Å². The van der Waals surface area contributed by atoms with Crippen LogP contribution in [0.4, 0.5) is 5.69 Å². The van der Waals surface area contributed by atoms with E-state index >= 15 is 0 Å². The number of rotatable bonds is 3. The van der Waals surface area contributed by atoms with Gasteiger partial charge in [0.15, 0.2) is 0 Å². The van der Waals surface area contributed by atoms with Gasteiger partial charge < -0.3 is 4.74 Å². The molecule has 1 aromatic heterocycles. The number of hydrogen-bond acceptors (Lipinski definition) is 4. The quantitative estimate of drug-likeness (QED) is 0.528. The van der Waals surface area contributed by atoms with E-state index in [1.165, 1.54) is 13.2 Å². The number of methoxy groups -OCH3 is 1. The smallest absolute Gasteiger partial charge is 0.277 e. The first-order chi connectivity index (χ1) is 10.6. The molecule has 3 aromatic rings. The van der Waals surface area contributed by atoms with Crippen molar-refractivity contribution in [2.24, 2.45) is 0 Å². The van der Waals surface area contributed by atoms with Gasteiger partial charge in [0.05, 0.1) is 28.5 Å². The first kappa shape index (κ1) is 14.3. The monoisotopic (exact) mass is 314 g/mol. The number of benzene rings is 2. The van der Waals surface area contributed by atoms with E-state index in [2.05, 4.69) is 4.98 Å². The normalized spacial score (nSPS) is 10.6. The highest BCUT2D eigenvalue weighted by Crippen LogP contribution is 2.36. The van der Waals surface area contributed by atoms with E-state index in [0.29, 0.717) is 32.9 Å². The molecule has 3 rings (SSSR count). The molecule has 1 heterocycles. The van der Waals surface area contributed by atoms with Gasteiger partial charge in [-0.2, -0.15) is 0 Å². The molecule has 0 spiro atoms. The van der Waals surface area contributed by atoms with Crippen LogP contribution in [0.2, 0.25) is 5.02 Å². The number of aromatic nitrogens is 1. The van der Waals surface area contributed by atoms with Crippen molar-refractivity contribution in [2.45, 2.75) is 0 Å². The number of ether oxygens (including phenoxy) is 1. The Morgan fingerprint density at radius 2 is 1.91 bits per heavy atom. The highest BCUT2D eigenvalue weighted by atomic mass is 35.5. The van der Waals surface area contributed by atoms with Crippen LogP contribution in [0.5, 0.6) is 5.88 Å². The van der Waals surface area contributed by atoms with E-state index in [1.807, 2.05) is 18.2 Å². The van der Waals surface area contributed by atoms with Crippen molar-refractivity contribution in [3.05, 3.63) is 63.7 Å². The minimum atomic E-state index is -0.418. The van der Waals surface area contributed by atoms with Crippen molar-refractivity contribution >= 4 is 28.1 Å². The molecule has 22 heavy (non-hydrogen) atoms. The highest BCUT2D eigenvalue weighted by molar-refractivity contribution is 6.33. The molecule has 0 aliphatic heterocycles. The van der Waals surface area contributed by atoms with Gasteiger partial charge in [-0.15, -0.1) is 0 Å². The van der Waals surface area contributed by atoms with Crippen molar-refractivity contribution in [1.29, 1.82) is 0 Å². The van der Waals surface area contributed by atoms with E-state index in [4.69, 9.17) is 16.3 Å². The second-order valence-electron chi connectivity index (χ2n) is 4.63. The predicted octanol–water partition coefficient (Wildman–Crippen LogP) is 4.47. The molecule has 5 nitrogen and oxygen atoms in total. The third kappa shape index (κ3) is 2.35. The summed E-state index contributed by atoms with van der Waals surface area (Å²) < 4.78 is 5.29. The Morgan fingerprint density at radius 1 is 1.14 bits per heavy atom. The minimum absolute atomic E-state index is 0.00602. The van der Waals surface area contributed by atoms with Crippen LogP contribution in [0.3, 0.4) is 0 Å². The van der Waals surface area contributed by atoms with Crippen molar-refractivity contribution < 1.29 is 9.66 Å². The fourth-order valence-electron chi connectivity index (χ4n) is 2.35. The fraction of sp³-hybridized carbons (Fsp3) is 0.0625. The predicted molar refractivity (Wildman–Crippen MR) is 85.4 cm³/mol. The Balaban J connectivity index is 2.36. The first-order valence-electron chi connectivity index (χ1n) is 6.49. The lowest BCUT2D eigenvalue weighted by Gasteiger charge is -2.09. The zero-order valence-electron chi connectivity index (χ0n) is 11.6. The maximum Gasteiger partial charge on any atom is 0.277 e. The van der Waals surface area contributed by atoms with Crippen LogP contribution < -0.4 is 4.74 Å². The Bertz CT molecular complexity index is 880. The van der Waals surface area contributed by atoms with Crippen LogP contribution in [-0.2, 0) is 0 Å². The molecular weight excluding hydrogens is 304 g/mol. The van der Waals surface area contributed by atoms with Gasteiger partial charge >= 0.3 is 0 Å². The molecule has 0 bridgehead atoms. The Labute approximate surface area is 131 Å². The van der Waals surface area contributed by atoms with Gasteiger partial charge in [0.2, 0.25) is 5.88 Å². The van der Waals surface area contributed by atoms with E-state index in [1.54, 1.807) is 24.3 Å². The van der Waals surface area contributed by atoms with E-state index in [-0.39, 0.29) is 5.69 Å². The van der Waals surface area contributed by atoms with Crippen LogP contribution in [0.1, 0.15) is 0 Å². The van der Waals surface area contributed by atoms with E-state index in [0.717, 1.165) is 0 Å². The number of non-ortho nitro benzene ring substituents is 1. The number of pyridine rings is 1. The molecule has 6 heteroatoms. The Kier molecular flexibility index (Phi) is 3.65. The zero-order valence-corrected chi connectivity index (χ0v) is 12.4. The van der Waals surface area contributed by atoms with Crippen LogP contribution in [0.25, 0.3) is 22.0 Å². The molecule has 0 N–H and O–H groups in total. The molecule has 0 radical (unpaired) electrons. The molecule has 0 saturated heterocycles. The zero-order chi connectivity index (χ0) is 15.7. The third-order valence-electron chi connectivity index (χ3n) is 3.36. The molecule has 110 valence electrons. The second-order valence-corrected chi connectivity index (χ2v) is 5.03. The minimum Gasteiger partial charge on any atom is -0.481 e. The molecule has 0 aliphatic carbocycles. The van der Waals surface area contributed by atoms with Crippen LogP contribution in [0.15, 0.2) is 48.5 Å². The fourth-order valence-corrected chi connectivity index (χ4v) is 2.58. The molecule has 0 saturated carbocycles. The lowest BCUT2D eigenvalue weighted by molar-refractivity contribution is -0.383. The van der Waals surface area contributed by atoms with Gasteiger partial charge in [0.1, 0.15) is 0 Å². The summed E-state index contributed by atoms with van der Waals surface area (Å²) in [7, 11) is 1.48. The lowest BCUT2D eigenvalue weighted by Crippen LogP contribution is -1.96. The average Bonchev–Trinajstić information content (AvgIpc) is 2.53.